The van der Waals surface area contributed by atoms with Crippen LogP contribution in [0.2, 0.25) is 0 Å². The van der Waals surface area contributed by atoms with Crippen molar-refractivity contribution in [2.75, 3.05) is 35.4 Å². The Kier molecular flexibility index (Phi) is 8.60. The van der Waals surface area contributed by atoms with Crippen LogP contribution < -0.4 is 26.0 Å². The summed E-state index contributed by atoms with van der Waals surface area (Å²) in [5.74, 6) is 2.27. The maximum absolute atomic E-state index is 7.89. The molecule has 0 spiro atoms. The smallest absolute Gasteiger partial charge is 0.175 e. The van der Waals surface area contributed by atoms with Gasteiger partial charge in [0.25, 0.3) is 0 Å². The second kappa shape index (κ2) is 12.2. The topological polar surface area (TPSA) is 120 Å². The van der Waals surface area contributed by atoms with Crippen LogP contribution in [-0.2, 0) is 6.54 Å². The van der Waals surface area contributed by atoms with E-state index in [-0.39, 0.29) is 0 Å². The Hall–Kier alpha value is -4.09. The zero-order valence-corrected chi connectivity index (χ0v) is 22.6. The van der Waals surface area contributed by atoms with E-state index in [0.717, 1.165) is 27.0 Å². The molecule has 0 aliphatic heterocycles. The number of aromatic nitrogens is 3. The van der Waals surface area contributed by atoms with Crippen LogP contribution in [0.1, 0.15) is 11.1 Å². The van der Waals surface area contributed by atoms with Gasteiger partial charge in [-0.05, 0) is 54.2 Å². The minimum atomic E-state index is 0.406. The molecule has 0 saturated heterocycles. The molecule has 2 aromatic heterocycles. The van der Waals surface area contributed by atoms with Crippen molar-refractivity contribution in [3.05, 3.63) is 82.6 Å². The number of nitrogens with one attached hydrogen (secondary N) is 5. The average molecular weight is 578 g/mol. The van der Waals surface area contributed by atoms with Gasteiger partial charge in [0, 0.05) is 47.9 Å². The van der Waals surface area contributed by atoms with E-state index in [9.17, 15) is 0 Å². The van der Waals surface area contributed by atoms with Gasteiger partial charge in [-0.15, -0.1) is 0 Å². The maximum Gasteiger partial charge on any atom is 0.175 e. The first-order chi connectivity index (χ1) is 18.0. The Morgan fingerprint density at radius 2 is 1.92 bits per heavy atom. The fourth-order valence-corrected chi connectivity index (χ4v) is 4.14. The van der Waals surface area contributed by atoms with E-state index >= 15 is 0 Å². The molecule has 188 valence electrons. The largest absolute Gasteiger partial charge is 0.495 e. The fraction of sp³-hybridized carbons (Fsp3) is 0.115. The van der Waals surface area contributed by atoms with Crippen molar-refractivity contribution in [2.45, 2.75) is 6.54 Å². The van der Waals surface area contributed by atoms with Crippen molar-refractivity contribution in [1.82, 2.24) is 15.0 Å². The molecule has 4 aromatic rings. The summed E-state index contributed by atoms with van der Waals surface area (Å²) in [6.45, 7) is 0.509. The van der Waals surface area contributed by atoms with E-state index < -0.39 is 0 Å². The van der Waals surface area contributed by atoms with E-state index in [1.54, 1.807) is 26.6 Å². The summed E-state index contributed by atoms with van der Waals surface area (Å²) < 4.78 is 6.31. The number of methoxy groups -OCH3 is 1. The fourth-order valence-electron chi connectivity index (χ4n) is 3.55. The molecule has 0 saturated carbocycles. The van der Waals surface area contributed by atoms with Gasteiger partial charge in [-0.3, -0.25) is 4.98 Å². The van der Waals surface area contributed by atoms with Crippen molar-refractivity contribution in [3.63, 3.8) is 0 Å². The zero-order valence-electron chi connectivity index (χ0n) is 20.2. The molecular formula is C26H25BrN8OS. The summed E-state index contributed by atoms with van der Waals surface area (Å²) in [6, 6.07) is 17.1. The molecule has 9 nitrogen and oxygen atoms in total. The number of thiocarbonyl (C=S) groups is 1. The lowest BCUT2D eigenvalue weighted by Crippen LogP contribution is -2.19. The quantitative estimate of drug-likeness (QED) is 0.125. The van der Waals surface area contributed by atoms with E-state index in [2.05, 4.69) is 47.2 Å². The van der Waals surface area contributed by atoms with Gasteiger partial charge in [-0.2, -0.15) is 0 Å². The first-order valence-electron chi connectivity index (χ1n) is 11.3. The number of anilines is 4. The van der Waals surface area contributed by atoms with Crippen LogP contribution in [-0.4, -0.2) is 40.4 Å². The molecule has 37 heavy (non-hydrogen) atoms. The van der Waals surface area contributed by atoms with Crippen LogP contribution in [0.3, 0.4) is 0 Å². The third kappa shape index (κ3) is 6.57. The highest BCUT2D eigenvalue weighted by Crippen LogP contribution is 2.29. The summed E-state index contributed by atoms with van der Waals surface area (Å²) in [6.07, 6.45) is 4.75. The Morgan fingerprint density at radius 1 is 1.08 bits per heavy atom. The second-order valence-electron chi connectivity index (χ2n) is 7.77. The highest BCUT2D eigenvalue weighted by atomic mass is 79.9. The predicted octanol–water partition coefficient (Wildman–Crippen LogP) is 5.77. The molecule has 0 unspecified atom stereocenters. The molecule has 2 aromatic carbocycles. The summed E-state index contributed by atoms with van der Waals surface area (Å²) in [4.78, 5) is 13.5. The molecule has 11 heteroatoms. The number of ether oxygens (including phenoxy) is 1. The molecule has 5 N–H and O–H groups in total. The minimum Gasteiger partial charge on any atom is -0.495 e. The predicted molar refractivity (Wildman–Crippen MR) is 157 cm³/mol. The van der Waals surface area contributed by atoms with E-state index in [4.69, 9.17) is 27.3 Å². The summed E-state index contributed by atoms with van der Waals surface area (Å²) in [5, 5.41) is 21.0. The normalized spacial score (nSPS) is 10.4. The number of halogens is 1. The van der Waals surface area contributed by atoms with Crippen molar-refractivity contribution in [1.29, 1.82) is 5.41 Å². The number of benzene rings is 2. The monoisotopic (exact) mass is 576 g/mol. The Bertz CT molecular complexity index is 1420. The Morgan fingerprint density at radius 3 is 2.65 bits per heavy atom. The van der Waals surface area contributed by atoms with Crippen LogP contribution in [0.15, 0.2) is 71.5 Å². The van der Waals surface area contributed by atoms with Crippen LogP contribution in [0.4, 0.5) is 23.0 Å². The number of rotatable bonds is 9. The molecule has 0 aliphatic rings. The first kappa shape index (κ1) is 26.0. The molecular weight excluding hydrogens is 552 g/mol. The Labute approximate surface area is 228 Å². The van der Waals surface area contributed by atoms with Crippen LogP contribution >= 0.6 is 28.1 Å². The highest BCUT2D eigenvalue weighted by Gasteiger charge is 2.14. The van der Waals surface area contributed by atoms with E-state index in [1.807, 2.05) is 54.6 Å². The minimum absolute atomic E-state index is 0.406. The lowest BCUT2D eigenvalue weighted by molar-refractivity contribution is 0.417. The third-order valence-electron chi connectivity index (χ3n) is 5.30. The van der Waals surface area contributed by atoms with Crippen molar-refractivity contribution >= 4 is 62.5 Å². The molecule has 4 rings (SSSR count). The van der Waals surface area contributed by atoms with Crippen molar-refractivity contribution in [3.8, 4) is 17.1 Å². The zero-order chi connectivity index (χ0) is 26.2. The van der Waals surface area contributed by atoms with Crippen LogP contribution in [0.5, 0.6) is 5.75 Å². The number of hydrogen-bond acceptors (Lipinski definition) is 8. The molecule has 0 amide bonds. The van der Waals surface area contributed by atoms with Gasteiger partial charge in [0.2, 0.25) is 0 Å². The molecule has 0 aliphatic carbocycles. The lowest BCUT2D eigenvalue weighted by Gasteiger charge is -2.15. The van der Waals surface area contributed by atoms with Crippen LogP contribution in [0, 0.1) is 5.41 Å². The maximum atomic E-state index is 7.89. The molecule has 0 bridgehead atoms. The van der Waals surface area contributed by atoms with Gasteiger partial charge in [0.15, 0.2) is 10.9 Å². The lowest BCUT2D eigenvalue weighted by atomic mass is 10.1. The van der Waals surface area contributed by atoms with Crippen molar-refractivity contribution < 1.29 is 4.74 Å². The van der Waals surface area contributed by atoms with Gasteiger partial charge >= 0.3 is 0 Å². The van der Waals surface area contributed by atoms with Gasteiger partial charge in [-0.25, -0.2) is 9.97 Å². The SMILES string of the molecule is CNc1nc(-c2cccc(NC(=S)Nc3cc(Br)ccc3OC)c2)nc(NCc2cccnc2)c1C=N. The average Bonchev–Trinajstić information content (AvgIpc) is 2.92. The van der Waals surface area contributed by atoms with E-state index in [0.29, 0.717) is 40.4 Å². The molecule has 0 radical (unpaired) electrons. The molecule has 2 heterocycles. The van der Waals surface area contributed by atoms with Crippen LogP contribution in [0.25, 0.3) is 11.4 Å². The van der Waals surface area contributed by atoms with Gasteiger partial charge in [0.05, 0.1) is 18.4 Å². The summed E-state index contributed by atoms with van der Waals surface area (Å²) in [7, 11) is 3.37. The third-order valence-corrected chi connectivity index (χ3v) is 6.00. The number of hydrogen-bond donors (Lipinski definition) is 5. The van der Waals surface area contributed by atoms with Gasteiger partial charge in [0.1, 0.15) is 17.4 Å². The van der Waals surface area contributed by atoms with Gasteiger partial charge < -0.3 is 31.4 Å². The Balaban J connectivity index is 1.57. The van der Waals surface area contributed by atoms with E-state index in [1.165, 1.54) is 6.21 Å². The van der Waals surface area contributed by atoms with Gasteiger partial charge in [-0.1, -0.05) is 34.1 Å². The molecule has 0 fully saturated rings. The first-order valence-corrected chi connectivity index (χ1v) is 12.5. The number of nitrogens with zero attached hydrogens (tertiary/aromatic N) is 3. The second-order valence-corrected chi connectivity index (χ2v) is 9.10. The van der Waals surface area contributed by atoms with Crippen molar-refractivity contribution in [2.24, 2.45) is 0 Å². The highest BCUT2D eigenvalue weighted by molar-refractivity contribution is 9.10. The molecule has 0 atom stereocenters. The summed E-state index contributed by atoms with van der Waals surface area (Å²) in [5.41, 5.74) is 3.85. The summed E-state index contributed by atoms with van der Waals surface area (Å²) >= 11 is 9.00. The number of pyridine rings is 1. The standard InChI is InChI=1S/C26H25BrN8OS/c1-29-24-20(13-28)25(31-15-16-5-4-10-30-14-16)35-23(34-24)17-6-3-7-19(11-17)32-26(37)33-21-12-18(27)8-9-22(21)36-2/h3-14,28H,15H2,1-2H3,(H2,32,33,37)(H2,29,31,34,35).